The molecule has 0 aliphatic carbocycles. The summed E-state index contributed by atoms with van der Waals surface area (Å²) in [6.45, 7) is 2.33. The molecule has 0 fully saturated rings. The minimum Gasteiger partial charge on any atom is -0.492 e. The SMILES string of the molecule is CCOc1cccc(C=C(C(=O)Nc2ccccc2)C(=O)Nc2ccccc2)c1OC. The molecule has 0 radical (unpaired) electrons. The van der Waals surface area contributed by atoms with Gasteiger partial charge in [-0.1, -0.05) is 48.5 Å². The molecule has 0 bridgehead atoms. The molecule has 2 N–H and O–H groups in total. The highest BCUT2D eigenvalue weighted by Crippen LogP contribution is 2.32. The molecule has 0 spiro atoms. The van der Waals surface area contributed by atoms with Gasteiger partial charge in [-0.25, -0.2) is 0 Å². The molecule has 2 amide bonds. The number of anilines is 2. The first-order valence-electron chi connectivity index (χ1n) is 9.86. The second-order valence-electron chi connectivity index (χ2n) is 6.51. The molecule has 3 rings (SSSR count). The maximum atomic E-state index is 13.0. The Bertz CT molecular complexity index is 1010. The number of nitrogens with one attached hydrogen (secondary N) is 2. The molecule has 6 heteroatoms. The quantitative estimate of drug-likeness (QED) is 0.315. The molecule has 31 heavy (non-hydrogen) atoms. The van der Waals surface area contributed by atoms with Crippen molar-refractivity contribution in [2.75, 3.05) is 24.4 Å². The van der Waals surface area contributed by atoms with Crippen LogP contribution in [0.15, 0.2) is 84.4 Å². The van der Waals surface area contributed by atoms with E-state index in [0.29, 0.717) is 35.0 Å². The Morgan fingerprint density at radius 1 is 0.806 bits per heavy atom. The molecule has 0 aliphatic heterocycles. The van der Waals surface area contributed by atoms with Crippen molar-refractivity contribution in [1.29, 1.82) is 0 Å². The Hall–Kier alpha value is -4.06. The number of ether oxygens (including phenoxy) is 2. The zero-order valence-electron chi connectivity index (χ0n) is 17.4. The van der Waals surface area contributed by atoms with Gasteiger partial charge >= 0.3 is 0 Å². The second kappa shape index (κ2) is 10.6. The Morgan fingerprint density at radius 3 is 1.84 bits per heavy atom. The molecule has 0 unspecified atom stereocenters. The van der Waals surface area contributed by atoms with Crippen molar-refractivity contribution in [3.8, 4) is 11.5 Å². The number of hydrogen-bond acceptors (Lipinski definition) is 4. The van der Waals surface area contributed by atoms with Crippen molar-refractivity contribution in [3.05, 3.63) is 90.0 Å². The third kappa shape index (κ3) is 5.73. The molecule has 0 saturated heterocycles. The predicted octanol–water partition coefficient (Wildman–Crippen LogP) is 4.75. The van der Waals surface area contributed by atoms with Crippen LogP contribution in [0.4, 0.5) is 11.4 Å². The first-order chi connectivity index (χ1) is 15.1. The van der Waals surface area contributed by atoms with Crippen molar-refractivity contribution in [2.24, 2.45) is 0 Å². The Kier molecular flexibility index (Phi) is 7.43. The van der Waals surface area contributed by atoms with Crippen molar-refractivity contribution >= 4 is 29.3 Å². The van der Waals surface area contributed by atoms with Crippen molar-refractivity contribution < 1.29 is 19.1 Å². The lowest BCUT2D eigenvalue weighted by molar-refractivity contribution is -0.118. The molecule has 158 valence electrons. The van der Waals surface area contributed by atoms with Gasteiger partial charge in [0.1, 0.15) is 5.57 Å². The standard InChI is InChI=1S/C25H24N2O4/c1-3-31-22-16-10-11-18(23(22)30-2)17-21(24(28)26-19-12-6-4-7-13-19)25(29)27-20-14-8-5-9-15-20/h4-17H,3H2,1-2H3,(H,26,28)(H,27,29). The van der Waals surface area contributed by atoms with E-state index >= 15 is 0 Å². The molecule has 0 aromatic heterocycles. The average Bonchev–Trinajstić information content (AvgIpc) is 2.79. The largest absolute Gasteiger partial charge is 0.492 e. The summed E-state index contributed by atoms with van der Waals surface area (Å²) < 4.78 is 11.1. The summed E-state index contributed by atoms with van der Waals surface area (Å²) in [6.07, 6.45) is 1.50. The molecule has 3 aromatic rings. The molecule has 6 nitrogen and oxygen atoms in total. The van der Waals surface area contributed by atoms with Crippen LogP contribution in [0.3, 0.4) is 0 Å². The van der Waals surface area contributed by atoms with E-state index in [0.717, 1.165) is 0 Å². The van der Waals surface area contributed by atoms with E-state index in [1.165, 1.54) is 13.2 Å². The topological polar surface area (TPSA) is 76.7 Å². The number of methoxy groups -OCH3 is 1. The van der Waals surface area contributed by atoms with Crippen LogP contribution in [0.1, 0.15) is 12.5 Å². The Morgan fingerprint density at radius 2 is 1.35 bits per heavy atom. The first kappa shape index (κ1) is 21.6. The zero-order valence-corrected chi connectivity index (χ0v) is 17.4. The lowest BCUT2D eigenvalue weighted by Crippen LogP contribution is -2.25. The number of amides is 2. The van der Waals surface area contributed by atoms with E-state index in [1.54, 1.807) is 66.7 Å². The minimum atomic E-state index is -0.538. The van der Waals surface area contributed by atoms with Crippen LogP contribution in [0.5, 0.6) is 11.5 Å². The Labute approximate surface area is 181 Å². The van der Waals surface area contributed by atoms with Gasteiger partial charge < -0.3 is 20.1 Å². The van der Waals surface area contributed by atoms with Crippen LogP contribution < -0.4 is 20.1 Å². The van der Waals surface area contributed by atoms with E-state index in [4.69, 9.17) is 9.47 Å². The van der Waals surface area contributed by atoms with Gasteiger partial charge in [0.15, 0.2) is 11.5 Å². The zero-order chi connectivity index (χ0) is 22.1. The number of para-hydroxylation sites is 3. The third-order valence-corrected chi connectivity index (χ3v) is 4.37. The molecule has 0 atom stereocenters. The third-order valence-electron chi connectivity index (χ3n) is 4.37. The summed E-state index contributed by atoms with van der Waals surface area (Å²) in [5.74, 6) is -0.0982. The van der Waals surface area contributed by atoms with Crippen LogP contribution in [0.25, 0.3) is 6.08 Å². The highest BCUT2D eigenvalue weighted by atomic mass is 16.5. The molecule has 0 saturated carbocycles. The van der Waals surface area contributed by atoms with Gasteiger partial charge in [0.05, 0.1) is 13.7 Å². The smallest absolute Gasteiger partial charge is 0.261 e. The van der Waals surface area contributed by atoms with Gasteiger partial charge in [-0.2, -0.15) is 0 Å². The summed E-state index contributed by atoms with van der Waals surface area (Å²) >= 11 is 0. The maximum absolute atomic E-state index is 13.0. The van der Waals surface area contributed by atoms with E-state index < -0.39 is 11.8 Å². The van der Waals surface area contributed by atoms with Crippen molar-refractivity contribution in [1.82, 2.24) is 0 Å². The fraction of sp³-hybridized carbons (Fsp3) is 0.120. The van der Waals surface area contributed by atoms with Gasteiger partial charge in [-0.05, 0) is 43.3 Å². The summed E-state index contributed by atoms with van der Waals surface area (Å²) in [4.78, 5) is 26.1. The van der Waals surface area contributed by atoms with E-state index in [2.05, 4.69) is 10.6 Å². The molecule has 0 heterocycles. The molecule has 3 aromatic carbocycles. The number of benzene rings is 3. The van der Waals surface area contributed by atoms with E-state index in [9.17, 15) is 9.59 Å². The van der Waals surface area contributed by atoms with Crippen LogP contribution in [0, 0.1) is 0 Å². The van der Waals surface area contributed by atoms with Gasteiger partial charge in [-0.15, -0.1) is 0 Å². The van der Waals surface area contributed by atoms with Gasteiger partial charge in [-0.3, -0.25) is 9.59 Å². The molecular weight excluding hydrogens is 392 g/mol. The first-order valence-corrected chi connectivity index (χ1v) is 9.86. The van der Waals surface area contributed by atoms with Crippen LogP contribution in [-0.2, 0) is 9.59 Å². The number of hydrogen-bond donors (Lipinski definition) is 2. The van der Waals surface area contributed by atoms with Gasteiger partial charge in [0.2, 0.25) is 0 Å². The average molecular weight is 416 g/mol. The van der Waals surface area contributed by atoms with Crippen molar-refractivity contribution in [2.45, 2.75) is 6.92 Å². The van der Waals surface area contributed by atoms with Crippen LogP contribution in [0.2, 0.25) is 0 Å². The number of carbonyl (C=O) groups excluding carboxylic acids is 2. The van der Waals surface area contributed by atoms with Crippen LogP contribution >= 0.6 is 0 Å². The van der Waals surface area contributed by atoms with Gasteiger partial charge in [0.25, 0.3) is 11.8 Å². The van der Waals surface area contributed by atoms with Crippen molar-refractivity contribution in [3.63, 3.8) is 0 Å². The van der Waals surface area contributed by atoms with Gasteiger partial charge in [0, 0.05) is 16.9 Å². The monoisotopic (exact) mass is 416 g/mol. The number of carbonyl (C=O) groups is 2. The summed E-state index contributed by atoms with van der Waals surface area (Å²) in [5, 5.41) is 5.53. The Balaban J connectivity index is 1.99. The highest BCUT2D eigenvalue weighted by Gasteiger charge is 2.21. The predicted molar refractivity (Wildman–Crippen MR) is 122 cm³/mol. The van der Waals surface area contributed by atoms with Crippen LogP contribution in [-0.4, -0.2) is 25.5 Å². The fourth-order valence-corrected chi connectivity index (χ4v) is 2.96. The summed E-state index contributed by atoms with van der Waals surface area (Å²) in [6, 6.07) is 23.2. The highest BCUT2D eigenvalue weighted by molar-refractivity contribution is 6.29. The second-order valence-corrected chi connectivity index (χ2v) is 6.51. The minimum absolute atomic E-state index is 0.0698. The van der Waals surface area contributed by atoms with E-state index in [-0.39, 0.29) is 5.57 Å². The molecule has 0 aliphatic rings. The van der Waals surface area contributed by atoms with E-state index in [1.807, 2.05) is 19.1 Å². The fourth-order valence-electron chi connectivity index (χ4n) is 2.96. The normalized spacial score (nSPS) is 10.0. The lowest BCUT2D eigenvalue weighted by atomic mass is 10.1. The lowest BCUT2D eigenvalue weighted by Gasteiger charge is -2.14. The maximum Gasteiger partial charge on any atom is 0.261 e. The molecular formula is C25H24N2O4. The summed E-state index contributed by atoms with van der Waals surface area (Å²) in [7, 11) is 1.52. The number of rotatable bonds is 8. The summed E-state index contributed by atoms with van der Waals surface area (Å²) in [5.41, 5.74) is 1.65.